The maximum atomic E-state index is 14.2. The first kappa shape index (κ1) is 21.2. The average molecular weight is 422 g/mol. The number of benzene rings is 1. The summed E-state index contributed by atoms with van der Waals surface area (Å²) < 4.78 is 20.0. The molecule has 1 saturated carbocycles. The molecule has 2 aromatic rings. The molecule has 3 N–H and O–H groups in total. The van der Waals surface area contributed by atoms with E-state index in [1.165, 1.54) is 31.7 Å². The van der Waals surface area contributed by atoms with Crippen LogP contribution in [0.4, 0.5) is 4.39 Å². The molecule has 1 unspecified atom stereocenters. The van der Waals surface area contributed by atoms with Crippen molar-refractivity contribution in [3.8, 4) is 5.75 Å². The van der Waals surface area contributed by atoms with Crippen LogP contribution in [0.15, 0.2) is 24.3 Å². The number of hydrogen-bond donors (Lipinski definition) is 3. The molecular formula is C21H25ClFN3O3. The normalized spacial score (nSPS) is 15.6. The Kier molecular flexibility index (Phi) is 6.79. The van der Waals surface area contributed by atoms with Gasteiger partial charge in [-0.25, -0.2) is 4.39 Å². The molecule has 8 heteroatoms. The highest BCUT2D eigenvalue weighted by atomic mass is 35.5. The molecule has 156 valence electrons. The van der Waals surface area contributed by atoms with E-state index >= 15 is 0 Å². The Morgan fingerprint density at radius 2 is 1.93 bits per heavy atom. The van der Waals surface area contributed by atoms with Crippen LogP contribution >= 0.6 is 11.6 Å². The predicted molar refractivity (Wildman–Crippen MR) is 109 cm³/mol. The standard InChI is InChI=1S/C21H25ClFN3O3/c1-12(15-9-8-13(22)10-16(15)23)29-18-11-17(26-19(18)21(28)24-2)20(27)25-14-6-4-3-5-7-14/h8-12,14,26H,3-7H2,1-2H3,(H,24,28)(H,25,27). The van der Waals surface area contributed by atoms with Gasteiger partial charge in [0.25, 0.3) is 11.8 Å². The van der Waals surface area contributed by atoms with Crippen LogP contribution in [0.2, 0.25) is 5.02 Å². The van der Waals surface area contributed by atoms with E-state index in [0.29, 0.717) is 5.56 Å². The third kappa shape index (κ3) is 5.09. The minimum atomic E-state index is -0.694. The van der Waals surface area contributed by atoms with Crippen molar-refractivity contribution < 1.29 is 18.7 Å². The van der Waals surface area contributed by atoms with Gasteiger partial charge in [0.15, 0.2) is 5.75 Å². The van der Waals surface area contributed by atoms with Crippen LogP contribution in [0, 0.1) is 5.82 Å². The Hall–Kier alpha value is -2.54. The summed E-state index contributed by atoms with van der Waals surface area (Å²) in [7, 11) is 1.48. The first-order valence-electron chi connectivity index (χ1n) is 9.76. The molecule has 2 amide bonds. The quantitative estimate of drug-likeness (QED) is 0.647. The van der Waals surface area contributed by atoms with Crippen molar-refractivity contribution in [2.75, 3.05) is 7.05 Å². The van der Waals surface area contributed by atoms with Crippen molar-refractivity contribution in [1.29, 1.82) is 0 Å². The van der Waals surface area contributed by atoms with Crippen LogP contribution in [-0.2, 0) is 0 Å². The Morgan fingerprint density at radius 3 is 2.59 bits per heavy atom. The number of nitrogens with one attached hydrogen (secondary N) is 3. The Labute approximate surface area is 174 Å². The van der Waals surface area contributed by atoms with E-state index in [-0.39, 0.29) is 34.1 Å². The van der Waals surface area contributed by atoms with Gasteiger partial charge < -0.3 is 20.4 Å². The molecule has 1 aliphatic rings. The largest absolute Gasteiger partial charge is 0.483 e. The summed E-state index contributed by atoms with van der Waals surface area (Å²) in [4.78, 5) is 27.7. The highest BCUT2D eigenvalue weighted by Crippen LogP contribution is 2.29. The van der Waals surface area contributed by atoms with Crippen molar-refractivity contribution in [2.45, 2.75) is 51.2 Å². The highest BCUT2D eigenvalue weighted by molar-refractivity contribution is 6.30. The molecule has 0 bridgehead atoms. The number of H-pyrrole nitrogens is 1. The number of rotatable bonds is 6. The van der Waals surface area contributed by atoms with E-state index in [1.807, 2.05) is 0 Å². The lowest BCUT2D eigenvalue weighted by Crippen LogP contribution is -2.36. The predicted octanol–water partition coefficient (Wildman–Crippen LogP) is 4.37. The van der Waals surface area contributed by atoms with Crippen molar-refractivity contribution in [2.24, 2.45) is 0 Å². The summed E-state index contributed by atoms with van der Waals surface area (Å²) in [6.45, 7) is 1.66. The van der Waals surface area contributed by atoms with Gasteiger partial charge in [-0.3, -0.25) is 9.59 Å². The number of ether oxygens (including phenoxy) is 1. The van der Waals surface area contributed by atoms with Gasteiger partial charge in [0.05, 0.1) is 0 Å². The monoisotopic (exact) mass is 421 g/mol. The van der Waals surface area contributed by atoms with Crippen LogP contribution in [0.1, 0.15) is 71.7 Å². The maximum Gasteiger partial charge on any atom is 0.271 e. The first-order chi connectivity index (χ1) is 13.9. The zero-order chi connectivity index (χ0) is 21.0. The molecule has 0 radical (unpaired) electrons. The van der Waals surface area contributed by atoms with Gasteiger partial charge >= 0.3 is 0 Å². The van der Waals surface area contributed by atoms with E-state index in [4.69, 9.17) is 16.3 Å². The summed E-state index contributed by atoms with van der Waals surface area (Å²) in [6.07, 6.45) is 4.58. The van der Waals surface area contributed by atoms with Crippen molar-refractivity contribution >= 4 is 23.4 Å². The summed E-state index contributed by atoms with van der Waals surface area (Å²) in [5.41, 5.74) is 0.641. The molecule has 0 saturated heterocycles. The van der Waals surface area contributed by atoms with Gasteiger partial charge in [-0.1, -0.05) is 36.9 Å². The van der Waals surface area contributed by atoms with Crippen molar-refractivity contribution in [3.05, 3.63) is 52.1 Å². The number of hydrogen-bond acceptors (Lipinski definition) is 3. The molecular weight excluding hydrogens is 397 g/mol. The summed E-state index contributed by atoms with van der Waals surface area (Å²) in [5, 5.41) is 5.80. The fourth-order valence-corrected chi connectivity index (χ4v) is 3.70. The lowest BCUT2D eigenvalue weighted by molar-refractivity contribution is 0.0923. The molecule has 1 aromatic heterocycles. The number of carbonyl (C=O) groups is 2. The second-order valence-corrected chi connectivity index (χ2v) is 7.67. The zero-order valence-electron chi connectivity index (χ0n) is 16.5. The van der Waals surface area contributed by atoms with Crippen LogP contribution < -0.4 is 15.4 Å². The Balaban J connectivity index is 1.81. The van der Waals surface area contributed by atoms with Gasteiger partial charge in [-0.15, -0.1) is 0 Å². The minimum Gasteiger partial charge on any atom is -0.483 e. The zero-order valence-corrected chi connectivity index (χ0v) is 17.2. The van der Waals surface area contributed by atoms with Gasteiger partial charge in [-0.2, -0.15) is 0 Å². The van der Waals surface area contributed by atoms with Crippen molar-refractivity contribution in [1.82, 2.24) is 15.6 Å². The third-order valence-electron chi connectivity index (χ3n) is 5.12. The molecule has 1 heterocycles. The Bertz CT molecular complexity index is 893. The number of halogens is 2. The second kappa shape index (κ2) is 9.31. The fraction of sp³-hybridized carbons (Fsp3) is 0.429. The second-order valence-electron chi connectivity index (χ2n) is 7.24. The number of aromatic nitrogens is 1. The van der Waals surface area contributed by atoms with Gasteiger partial charge in [0.1, 0.15) is 23.3 Å². The SMILES string of the molecule is CNC(=O)c1[nH]c(C(=O)NC2CCCCC2)cc1OC(C)c1ccc(Cl)cc1F. The van der Waals surface area contributed by atoms with Gasteiger partial charge in [0.2, 0.25) is 0 Å². The molecule has 1 fully saturated rings. The molecule has 1 atom stereocenters. The van der Waals surface area contributed by atoms with Crippen molar-refractivity contribution in [3.63, 3.8) is 0 Å². The van der Waals surface area contributed by atoms with Crippen LogP contribution in [0.3, 0.4) is 0 Å². The topological polar surface area (TPSA) is 83.2 Å². The molecule has 29 heavy (non-hydrogen) atoms. The number of carbonyl (C=O) groups excluding carboxylic acids is 2. The minimum absolute atomic E-state index is 0.113. The summed E-state index contributed by atoms with van der Waals surface area (Å²) >= 11 is 5.80. The molecule has 1 aromatic carbocycles. The molecule has 3 rings (SSSR count). The van der Waals surface area contributed by atoms with E-state index in [9.17, 15) is 14.0 Å². The van der Waals surface area contributed by atoms with Crippen LogP contribution in [-0.4, -0.2) is 29.9 Å². The van der Waals surface area contributed by atoms with E-state index < -0.39 is 17.8 Å². The maximum absolute atomic E-state index is 14.2. The molecule has 0 aliphatic heterocycles. The van der Waals surface area contributed by atoms with E-state index in [2.05, 4.69) is 15.6 Å². The molecule has 6 nitrogen and oxygen atoms in total. The van der Waals surface area contributed by atoms with E-state index in [0.717, 1.165) is 25.7 Å². The summed E-state index contributed by atoms with van der Waals surface area (Å²) in [6, 6.07) is 5.92. The molecule has 0 spiro atoms. The smallest absolute Gasteiger partial charge is 0.271 e. The van der Waals surface area contributed by atoms with Crippen LogP contribution in [0.5, 0.6) is 5.75 Å². The first-order valence-corrected chi connectivity index (χ1v) is 10.1. The average Bonchev–Trinajstić information content (AvgIpc) is 3.12. The fourth-order valence-electron chi connectivity index (χ4n) is 3.54. The lowest BCUT2D eigenvalue weighted by Gasteiger charge is -2.22. The van der Waals surface area contributed by atoms with Gasteiger partial charge in [0, 0.05) is 29.7 Å². The third-order valence-corrected chi connectivity index (χ3v) is 5.36. The highest BCUT2D eigenvalue weighted by Gasteiger charge is 2.24. The number of amides is 2. The van der Waals surface area contributed by atoms with Crippen LogP contribution in [0.25, 0.3) is 0 Å². The molecule has 1 aliphatic carbocycles. The Morgan fingerprint density at radius 1 is 1.21 bits per heavy atom. The van der Waals surface area contributed by atoms with Gasteiger partial charge in [-0.05, 0) is 31.9 Å². The lowest BCUT2D eigenvalue weighted by atomic mass is 9.95. The number of aromatic amines is 1. The summed E-state index contributed by atoms with van der Waals surface area (Å²) in [5.74, 6) is -1.04. The van der Waals surface area contributed by atoms with E-state index in [1.54, 1.807) is 13.0 Å².